The van der Waals surface area contributed by atoms with Gasteiger partial charge in [0, 0.05) is 19.2 Å². The molecule has 0 heterocycles. The van der Waals surface area contributed by atoms with Crippen molar-refractivity contribution in [3.63, 3.8) is 0 Å². The maximum absolute atomic E-state index is 13.5. The SMILES string of the molecule is CCCNC(=O)[C@@H](C)N(Cc1ccc(OC)cc1)C(=O)CN(c1cccc(OC)c1)S(C)(=O)=O. The Morgan fingerprint density at radius 1 is 1.03 bits per heavy atom. The number of nitrogens with one attached hydrogen (secondary N) is 1. The van der Waals surface area contributed by atoms with Gasteiger partial charge in [-0.1, -0.05) is 25.1 Å². The lowest BCUT2D eigenvalue weighted by Crippen LogP contribution is -2.51. The van der Waals surface area contributed by atoms with Crippen LogP contribution in [0.25, 0.3) is 0 Å². The third-order valence-corrected chi connectivity index (χ3v) is 6.39. The predicted octanol–water partition coefficient (Wildman–Crippen LogP) is 2.41. The van der Waals surface area contributed by atoms with Crippen LogP contribution in [0.3, 0.4) is 0 Å². The van der Waals surface area contributed by atoms with Crippen molar-refractivity contribution in [1.82, 2.24) is 10.2 Å². The van der Waals surface area contributed by atoms with Crippen LogP contribution in [-0.4, -0.2) is 64.7 Å². The molecule has 2 aromatic carbocycles. The van der Waals surface area contributed by atoms with Gasteiger partial charge in [-0.2, -0.15) is 0 Å². The number of amides is 2. The first kappa shape index (κ1) is 27.0. The van der Waals surface area contributed by atoms with Gasteiger partial charge in [0.25, 0.3) is 0 Å². The summed E-state index contributed by atoms with van der Waals surface area (Å²) in [7, 11) is -0.767. The van der Waals surface area contributed by atoms with Crippen molar-refractivity contribution in [2.75, 3.05) is 37.9 Å². The van der Waals surface area contributed by atoms with Crippen LogP contribution in [0, 0.1) is 0 Å². The summed E-state index contributed by atoms with van der Waals surface area (Å²) in [4.78, 5) is 27.5. The summed E-state index contributed by atoms with van der Waals surface area (Å²) in [6, 6.07) is 12.8. The van der Waals surface area contributed by atoms with E-state index in [1.165, 1.54) is 12.0 Å². The topological polar surface area (TPSA) is 105 Å². The van der Waals surface area contributed by atoms with Gasteiger partial charge in [-0.15, -0.1) is 0 Å². The Kier molecular flexibility index (Phi) is 9.73. The Labute approximate surface area is 201 Å². The Morgan fingerprint density at radius 2 is 1.68 bits per heavy atom. The molecule has 0 fully saturated rings. The number of carbonyl (C=O) groups excluding carboxylic acids is 2. The minimum atomic E-state index is -3.80. The van der Waals surface area contributed by atoms with E-state index in [0.29, 0.717) is 23.7 Å². The average Bonchev–Trinajstić information content (AvgIpc) is 2.83. The number of rotatable bonds is 12. The maximum atomic E-state index is 13.5. The molecular formula is C24H33N3O6S. The molecule has 186 valence electrons. The molecule has 9 nitrogen and oxygen atoms in total. The molecule has 34 heavy (non-hydrogen) atoms. The number of hydrogen-bond acceptors (Lipinski definition) is 6. The van der Waals surface area contributed by atoms with Gasteiger partial charge in [0.1, 0.15) is 24.1 Å². The number of anilines is 1. The zero-order valence-corrected chi connectivity index (χ0v) is 21.1. The van der Waals surface area contributed by atoms with Gasteiger partial charge in [-0.25, -0.2) is 8.42 Å². The van der Waals surface area contributed by atoms with Gasteiger partial charge in [0.15, 0.2) is 0 Å². The second kappa shape index (κ2) is 12.3. The van der Waals surface area contributed by atoms with Crippen LogP contribution in [0.4, 0.5) is 5.69 Å². The Balaban J connectivity index is 2.37. The highest BCUT2D eigenvalue weighted by atomic mass is 32.2. The van der Waals surface area contributed by atoms with Gasteiger partial charge in [-0.3, -0.25) is 13.9 Å². The summed E-state index contributed by atoms with van der Waals surface area (Å²) < 4.78 is 36.6. The molecule has 0 aromatic heterocycles. The van der Waals surface area contributed by atoms with Crippen LogP contribution in [-0.2, 0) is 26.2 Å². The molecule has 0 saturated carbocycles. The fraction of sp³-hybridized carbons (Fsp3) is 0.417. The fourth-order valence-electron chi connectivity index (χ4n) is 3.29. The second-order valence-corrected chi connectivity index (χ2v) is 9.71. The van der Waals surface area contributed by atoms with E-state index in [1.807, 2.05) is 6.92 Å². The van der Waals surface area contributed by atoms with Gasteiger partial charge in [0.05, 0.1) is 26.2 Å². The molecule has 1 N–H and O–H groups in total. The molecule has 0 radical (unpaired) electrons. The van der Waals surface area contributed by atoms with E-state index in [0.717, 1.165) is 22.5 Å². The highest BCUT2D eigenvalue weighted by Crippen LogP contribution is 2.24. The lowest BCUT2D eigenvalue weighted by atomic mass is 10.1. The quantitative estimate of drug-likeness (QED) is 0.489. The Morgan fingerprint density at radius 3 is 2.24 bits per heavy atom. The second-order valence-electron chi connectivity index (χ2n) is 7.81. The number of sulfonamides is 1. The number of carbonyl (C=O) groups is 2. The predicted molar refractivity (Wildman–Crippen MR) is 131 cm³/mol. The van der Waals surface area contributed by atoms with Gasteiger partial charge < -0.3 is 19.7 Å². The van der Waals surface area contributed by atoms with Crippen LogP contribution in [0.15, 0.2) is 48.5 Å². The third kappa shape index (κ3) is 7.38. The highest BCUT2D eigenvalue weighted by molar-refractivity contribution is 7.92. The van der Waals surface area contributed by atoms with Crippen LogP contribution in [0.1, 0.15) is 25.8 Å². The van der Waals surface area contributed by atoms with Gasteiger partial charge in [0.2, 0.25) is 21.8 Å². The Bertz CT molecular complexity index is 1070. The smallest absolute Gasteiger partial charge is 0.244 e. The number of benzene rings is 2. The molecule has 0 aliphatic rings. The summed E-state index contributed by atoms with van der Waals surface area (Å²) in [6.45, 7) is 3.70. The van der Waals surface area contributed by atoms with Crippen LogP contribution < -0.4 is 19.1 Å². The first-order chi connectivity index (χ1) is 16.1. The van der Waals surface area contributed by atoms with E-state index in [-0.39, 0.29) is 12.5 Å². The number of hydrogen-bond donors (Lipinski definition) is 1. The van der Waals surface area contributed by atoms with E-state index in [1.54, 1.807) is 62.6 Å². The first-order valence-electron chi connectivity index (χ1n) is 10.9. The van der Waals surface area contributed by atoms with Crippen molar-refractivity contribution in [3.05, 3.63) is 54.1 Å². The third-order valence-electron chi connectivity index (χ3n) is 5.25. The van der Waals surface area contributed by atoms with Crippen molar-refractivity contribution in [2.24, 2.45) is 0 Å². The van der Waals surface area contributed by atoms with Crippen molar-refractivity contribution >= 4 is 27.5 Å². The van der Waals surface area contributed by atoms with E-state index in [4.69, 9.17) is 9.47 Å². The summed E-state index contributed by atoms with van der Waals surface area (Å²) in [5, 5.41) is 2.80. The van der Waals surface area contributed by atoms with Crippen molar-refractivity contribution in [1.29, 1.82) is 0 Å². The average molecular weight is 492 g/mol. The molecule has 0 spiro atoms. The number of methoxy groups -OCH3 is 2. The van der Waals surface area contributed by atoms with Crippen LogP contribution in [0.2, 0.25) is 0 Å². The van der Waals surface area contributed by atoms with Gasteiger partial charge in [-0.05, 0) is 43.2 Å². The first-order valence-corrected chi connectivity index (χ1v) is 12.8. The monoisotopic (exact) mass is 491 g/mol. The van der Waals surface area contributed by atoms with Crippen molar-refractivity contribution < 1.29 is 27.5 Å². The normalized spacial score (nSPS) is 11.9. The standard InChI is InChI=1S/C24H33N3O6S/c1-6-14-25-24(29)18(2)26(16-19-10-12-21(32-3)13-11-19)23(28)17-27(34(5,30)31)20-8-7-9-22(15-20)33-4/h7-13,15,18H,6,14,16-17H2,1-5H3,(H,25,29)/t18-/m1/s1. The van der Waals surface area contributed by atoms with Gasteiger partial charge >= 0.3 is 0 Å². The summed E-state index contributed by atoms with van der Waals surface area (Å²) in [6.07, 6.45) is 1.79. The van der Waals surface area contributed by atoms with E-state index in [9.17, 15) is 18.0 Å². The molecule has 0 unspecified atom stereocenters. The molecule has 2 rings (SSSR count). The van der Waals surface area contributed by atoms with E-state index >= 15 is 0 Å². The minimum Gasteiger partial charge on any atom is -0.497 e. The lowest BCUT2D eigenvalue weighted by Gasteiger charge is -2.31. The van der Waals surface area contributed by atoms with Crippen molar-refractivity contribution in [2.45, 2.75) is 32.9 Å². The Hall–Kier alpha value is -3.27. The molecule has 2 amide bonds. The molecule has 0 aliphatic carbocycles. The number of nitrogens with zero attached hydrogens (tertiary/aromatic N) is 2. The van der Waals surface area contributed by atoms with Crippen molar-refractivity contribution in [3.8, 4) is 11.5 Å². The zero-order valence-electron chi connectivity index (χ0n) is 20.3. The molecule has 1 atom stereocenters. The molecule has 0 aliphatic heterocycles. The largest absolute Gasteiger partial charge is 0.497 e. The molecule has 10 heteroatoms. The summed E-state index contributed by atoms with van der Waals surface area (Å²) in [5.74, 6) is 0.303. The molecular weight excluding hydrogens is 458 g/mol. The minimum absolute atomic E-state index is 0.124. The lowest BCUT2D eigenvalue weighted by molar-refractivity contribution is -0.139. The van der Waals surface area contributed by atoms with E-state index in [2.05, 4.69) is 5.32 Å². The van der Waals surface area contributed by atoms with Crippen LogP contribution >= 0.6 is 0 Å². The summed E-state index contributed by atoms with van der Waals surface area (Å²) >= 11 is 0. The highest BCUT2D eigenvalue weighted by Gasteiger charge is 2.30. The summed E-state index contributed by atoms with van der Waals surface area (Å²) in [5.41, 5.74) is 1.07. The fourth-order valence-corrected chi connectivity index (χ4v) is 4.13. The van der Waals surface area contributed by atoms with E-state index < -0.39 is 28.5 Å². The molecule has 2 aromatic rings. The maximum Gasteiger partial charge on any atom is 0.244 e. The number of ether oxygens (including phenoxy) is 2. The molecule has 0 saturated heterocycles. The zero-order chi connectivity index (χ0) is 25.3. The van der Waals surface area contributed by atoms with Crippen LogP contribution in [0.5, 0.6) is 11.5 Å². The molecule has 0 bridgehead atoms.